The number of benzene rings is 1. The summed E-state index contributed by atoms with van der Waals surface area (Å²) >= 11 is 0. The van der Waals surface area contributed by atoms with E-state index < -0.39 is 0 Å². The number of amides is 1. The minimum absolute atomic E-state index is 0.210. The van der Waals surface area contributed by atoms with Crippen LogP contribution in [-0.2, 0) is 4.74 Å². The van der Waals surface area contributed by atoms with Gasteiger partial charge in [0.2, 0.25) is 0 Å². The SMILES string of the molecule is COc1cc(N)c(C(=O)NC2(C)CCOCC2)cc1OC. The summed E-state index contributed by atoms with van der Waals surface area (Å²) in [6.45, 7) is 3.32. The molecule has 1 aliphatic rings. The molecule has 0 aliphatic carbocycles. The summed E-state index contributed by atoms with van der Waals surface area (Å²) in [6.07, 6.45) is 1.57. The van der Waals surface area contributed by atoms with Gasteiger partial charge in [-0.15, -0.1) is 0 Å². The van der Waals surface area contributed by atoms with Crippen molar-refractivity contribution < 1.29 is 19.0 Å². The second-order valence-corrected chi connectivity index (χ2v) is 5.42. The molecular weight excluding hydrogens is 272 g/mol. The third-order valence-electron chi connectivity index (χ3n) is 3.81. The van der Waals surface area contributed by atoms with Crippen molar-refractivity contribution in [3.63, 3.8) is 0 Å². The lowest BCUT2D eigenvalue weighted by Gasteiger charge is -2.34. The number of nitrogens with one attached hydrogen (secondary N) is 1. The first-order valence-corrected chi connectivity index (χ1v) is 6.91. The van der Waals surface area contributed by atoms with Gasteiger partial charge in [0.15, 0.2) is 11.5 Å². The van der Waals surface area contributed by atoms with E-state index in [9.17, 15) is 4.79 Å². The van der Waals surface area contributed by atoms with Gasteiger partial charge in [0.25, 0.3) is 5.91 Å². The lowest BCUT2D eigenvalue weighted by Crippen LogP contribution is -2.49. The second-order valence-electron chi connectivity index (χ2n) is 5.42. The maximum absolute atomic E-state index is 12.5. The van der Waals surface area contributed by atoms with E-state index in [1.807, 2.05) is 6.92 Å². The Labute approximate surface area is 124 Å². The van der Waals surface area contributed by atoms with Crippen LogP contribution in [0.1, 0.15) is 30.1 Å². The van der Waals surface area contributed by atoms with Crippen LogP contribution in [0.4, 0.5) is 5.69 Å². The summed E-state index contributed by atoms with van der Waals surface area (Å²) in [6, 6.07) is 3.20. The molecular formula is C15H22N2O4. The lowest BCUT2D eigenvalue weighted by atomic mass is 9.92. The van der Waals surface area contributed by atoms with Crippen LogP contribution in [-0.4, -0.2) is 38.9 Å². The summed E-state index contributed by atoms with van der Waals surface area (Å²) in [5, 5.41) is 3.05. The molecule has 3 N–H and O–H groups in total. The number of rotatable bonds is 4. The van der Waals surface area contributed by atoms with E-state index in [1.54, 1.807) is 12.1 Å². The molecule has 1 fully saturated rings. The Morgan fingerprint density at radius 3 is 2.38 bits per heavy atom. The molecule has 0 aromatic heterocycles. The smallest absolute Gasteiger partial charge is 0.253 e. The molecule has 2 rings (SSSR count). The summed E-state index contributed by atoms with van der Waals surface area (Å²) in [5.74, 6) is 0.774. The summed E-state index contributed by atoms with van der Waals surface area (Å²) in [7, 11) is 3.05. The Morgan fingerprint density at radius 1 is 1.24 bits per heavy atom. The van der Waals surface area contributed by atoms with Gasteiger partial charge in [0.05, 0.1) is 19.8 Å². The molecule has 0 saturated carbocycles. The third kappa shape index (κ3) is 3.39. The molecule has 0 bridgehead atoms. The van der Waals surface area contributed by atoms with Gasteiger partial charge >= 0.3 is 0 Å². The van der Waals surface area contributed by atoms with Crippen LogP contribution < -0.4 is 20.5 Å². The van der Waals surface area contributed by atoms with Crippen molar-refractivity contribution in [1.82, 2.24) is 5.32 Å². The Morgan fingerprint density at radius 2 is 1.81 bits per heavy atom. The standard InChI is InChI=1S/C15H22N2O4/c1-15(4-6-21-7-5-15)17-14(18)10-8-12(19-2)13(20-3)9-11(10)16/h8-9H,4-7,16H2,1-3H3,(H,17,18). The molecule has 1 heterocycles. The second kappa shape index (κ2) is 6.22. The van der Waals surface area contributed by atoms with Crippen molar-refractivity contribution in [3.8, 4) is 11.5 Å². The highest BCUT2D eigenvalue weighted by Gasteiger charge is 2.30. The Bertz CT molecular complexity index is 525. The highest BCUT2D eigenvalue weighted by Crippen LogP contribution is 2.32. The van der Waals surface area contributed by atoms with Gasteiger partial charge < -0.3 is 25.3 Å². The number of carbonyl (C=O) groups is 1. The average Bonchev–Trinajstić information content (AvgIpc) is 2.46. The number of ether oxygens (including phenoxy) is 3. The zero-order chi connectivity index (χ0) is 15.5. The van der Waals surface area contributed by atoms with Crippen molar-refractivity contribution in [1.29, 1.82) is 0 Å². The van der Waals surface area contributed by atoms with E-state index in [0.717, 1.165) is 12.8 Å². The van der Waals surface area contributed by atoms with Gasteiger partial charge in [-0.1, -0.05) is 0 Å². The quantitative estimate of drug-likeness (QED) is 0.824. The molecule has 1 aromatic carbocycles. The van der Waals surface area contributed by atoms with E-state index in [0.29, 0.717) is 36.0 Å². The fourth-order valence-corrected chi connectivity index (χ4v) is 2.38. The molecule has 0 spiro atoms. The fraction of sp³-hybridized carbons (Fsp3) is 0.533. The van der Waals surface area contributed by atoms with E-state index in [1.165, 1.54) is 14.2 Å². The first-order valence-electron chi connectivity index (χ1n) is 6.91. The maximum Gasteiger partial charge on any atom is 0.253 e. The number of nitrogen functional groups attached to an aromatic ring is 1. The molecule has 0 unspecified atom stereocenters. The number of methoxy groups -OCH3 is 2. The molecule has 1 aliphatic heterocycles. The highest BCUT2D eigenvalue weighted by molar-refractivity contribution is 6.00. The van der Waals surface area contributed by atoms with Crippen LogP contribution in [0.25, 0.3) is 0 Å². The predicted molar refractivity (Wildman–Crippen MR) is 79.9 cm³/mol. The highest BCUT2D eigenvalue weighted by atomic mass is 16.5. The Hall–Kier alpha value is -1.95. The molecule has 6 nitrogen and oxygen atoms in total. The molecule has 0 atom stereocenters. The van der Waals surface area contributed by atoms with Crippen molar-refractivity contribution in [2.24, 2.45) is 0 Å². The summed E-state index contributed by atoms with van der Waals surface area (Å²) < 4.78 is 15.7. The van der Waals surface area contributed by atoms with E-state index >= 15 is 0 Å². The first kappa shape index (κ1) is 15.4. The fourth-order valence-electron chi connectivity index (χ4n) is 2.38. The largest absolute Gasteiger partial charge is 0.493 e. The molecule has 21 heavy (non-hydrogen) atoms. The zero-order valence-electron chi connectivity index (χ0n) is 12.7. The first-order chi connectivity index (χ1) is 9.99. The molecule has 1 aromatic rings. The van der Waals surface area contributed by atoms with Gasteiger partial charge in [-0.05, 0) is 25.8 Å². The average molecular weight is 294 g/mol. The molecule has 1 saturated heterocycles. The molecule has 1 amide bonds. The topological polar surface area (TPSA) is 82.8 Å². The number of hydrogen-bond donors (Lipinski definition) is 2. The van der Waals surface area contributed by atoms with Crippen LogP contribution in [0.3, 0.4) is 0 Å². The Balaban J connectivity index is 2.22. The van der Waals surface area contributed by atoms with E-state index in [4.69, 9.17) is 19.9 Å². The predicted octanol–water partition coefficient (Wildman–Crippen LogP) is 1.58. The number of carbonyl (C=O) groups excluding carboxylic acids is 1. The van der Waals surface area contributed by atoms with Crippen LogP contribution in [0.5, 0.6) is 11.5 Å². The number of hydrogen-bond acceptors (Lipinski definition) is 5. The van der Waals surface area contributed by atoms with Crippen LogP contribution in [0.15, 0.2) is 12.1 Å². The Kier molecular flexibility index (Phi) is 4.57. The number of nitrogens with two attached hydrogens (primary N) is 1. The minimum Gasteiger partial charge on any atom is -0.493 e. The lowest BCUT2D eigenvalue weighted by molar-refractivity contribution is 0.0423. The number of anilines is 1. The monoisotopic (exact) mass is 294 g/mol. The minimum atomic E-state index is -0.269. The van der Waals surface area contributed by atoms with Gasteiger partial charge in [-0.3, -0.25) is 4.79 Å². The third-order valence-corrected chi connectivity index (χ3v) is 3.81. The summed E-state index contributed by atoms with van der Waals surface area (Å²) in [4.78, 5) is 12.5. The van der Waals surface area contributed by atoms with Crippen LogP contribution >= 0.6 is 0 Å². The van der Waals surface area contributed by atoms with Crippen molar-refractivity contribution in [2.45, 2.75) is 25.3 Å². The van der Waals surface area contributed by atoms with Crippen LogP contribution in [0, 0.1) is 0 Å². The van der Waals surface area contributed by atoms with Crippen molar-refractivity contribution in [3.05, 3.63) is 17.7 Å². The zero-order valence-corrected chi connectivity index (χ0v) is 12.7. The maximum atomic E-state index is 12.5. The molecule has 6 heteroatoms. The van der Waals surface area contributed by atoms with Crippen LogP contribution in [0.2, 0.25) is 0 Å². The van der Waals surface area contributed by atoms with E-state index in [-0.39, 0.29) is 11.4 Å². The normalized spacial score (nSPS) is 17.1. The molecule has 116 valence electrons. The van der Waals surface area contributed by atoms with Gasteiger partial charge in [0.1, 0.15) is 0 Å². The van der Waals surface area contributed by atoms with Crippen molar-refractivity contribution in [2.75, 3.05) is 33.2 Å². The van der Waals surface area contributed by atoms with E-state index in [2.05, 4.69) is 5.32 Å². The van der Waals surface area contributed by atoms with Gasteiger partial charge in [0, 0.05) is 30.5 Å². The molecule has 0 radical (unpaired) electrons. The summed E-state index contributed by atoms with van der Waals surface area (Å²) in [5.41, 5.74) is 6.43. The van der Waals surface area contributed by atoms with Crippen molar-refractivity contribution >= 4 is 11.6 Å². The van der Waals surface area contributed by atoms with Gasteiger partial charge in [-0.2, -0.15) is 0 Å². The van der Waals surface area contributed by atoms with Gasteiger partial charge in [-0.25, -0.2) is 0 Å².